The number of nitrogens with one attached hydrogen (secondary N) is 2. The molecule has 0 unspecified atom stereocenters. The fraction of sp³-hybridized carbons (Fsp3) is 0.294. The Morgan fingerprint density at radius 2 is 2.08 bits per heavy atom. The highest BCUT2D eigenvalue weighted by Gasteiger charge is 2.19. The molecule has 1 saturated heterocycles. The van der Waals surface area contributed by atoms with Crippen molar-refractivity contribution in [3.05, 3.63) is 50.6 Å². The van der Waals surface area contributed by atoms with Crippen molar-refractivity contribution in [2.45, 2.75) is 25.9 Å². The largest absolute Gasteiger partial charge is 0.338 e. The maximum Gasteiger partial charge on any atom is 0.319 e. The number of thiophene rings is 1. The van der Waals surface area contributed by atoms with E-state index in [4.69, 9.17) is 0 Å². The average molecular weight is 408 g/mol. The van der Waals surface area contributed by atoms with Crippen molar-refractivity contribution >= 4 is 44.9 Å². The molecule has 1 fully saturated rings. The van der Waals surface area contributed by atoms with Crippen LogP contribution < -0.4 is 10.6 Å². The third-order valence-corrected chi connectivity index (χ3v) is 5.50. The first kappa shape index (κ1) is 17.0. The van der Waals surface area contributed by atoms with Gasteiger partial charge in [-0.25, -0.2) is 4.79 Å². The molecule has 2 N–H and O–H groups in total. The van der Waals surface area contributed by atoms with E-state index < -0.39 is 0 Å². The molecule has 1 aliphatic heterocycles. The lowest BCUT2D eigenvalue weighted by Gasteiger charge is -2.15. The van der Waals surface area contributed by atoms with Gasteiger partial charge in [-0.15, -0.1) is 11.3 Å². The molecular weight excluding hydrogens is 390 g/mol. The summed E-state index contributed by atoms with van der Waals surface area (Å²) >= 11 is 4.99. The Morgan fingerprint density at radius 1 is 1.29 bits per heavy atom. The van der Waals surface area contributed by atoms with Gasteiger partial charge >= 0.3 is 6.03 Å². The Morgan fingerprint density at radius 3 is 2.71 bits per heavy atom. The topological polar surface area (TPSA) is 61.4 Å². The molecule has 0 bridgehead atoms. The van der Waals surface area contributed by atoms with Gasteiger partial charge in [-0.05, 0) is 46.1 Å². The zero-order valence-electron chi connectivity index (χ0n) is 13.0. The molecule has 2 aromatic rings. The van der Waals surface area contributed by atoms with E-state index in [9.17, 15) is 9.59 Å². The number of nitrogens with zero attached hydrogens (tertiary/aromatic N) is 1. The number of carbonyl (C=O) groups is 2. The zero-order valence-corrected chi connectivity index (χ0v) is 15.5. The lowest BCUT2D eigenvalue weighted by molar-refractivity contribution is -0.128. The van der Waals surface area contributed by atoms with Crippen molar-refractivity contribution < 1.29 is 9.59 Å². The van der Waals surface area contributed by atoms with Crippen LogP contribution in [0.5, 0.6) is 0 Å². The molecule has 3 rings (SSSR count). The number of rotatable bonds is 5. The summed E-state index contributed by atoms with van der Waals surface area (Å²) in [4.78, 5) is 26.5. The van der Waals surface area contributed by atoms with Crippen LogP contribution in [0.2, 0.25) is 0 Å². The van der Waals surface area contributed by atoms with Crippen molar-refractivity contribution in [3.8, 4) is 0 Å². The minimum absolute atomic E-state index is 0.219. The fourth-order valence-corrected chi connectivity index (χ4v) is 3.96. The molecule has 0 radical (unpaired) electrons. The molecule has 0 spiro atoms. The van der Waals surface area contributed by atoms with Crippen LogP contribution >= 0.6 is 27.3 Å². The summed E-state index contributed by atoms with van der Waals surface area (Å²) in [7, 11) is 0. The van der Waals surface area contributed by atoms with Crippen molar-refractivity contribution in [2.24, 2.45) is 0 Å². The number of benzene rings is 1. The van der Waals surface area contributed by atoms with E-state index in [-0.39, 0.29) is 11.9 Å². The molecule has 3 amide bonds. The van der Waals surface area contributed by atoms with Crippen molar-refractivity contribution in [1.29, 1.82) is 0 Å². The second kappa shape index (κ2) is 7.81. The van der Waals surface area contributed by atoms with E-state index in [0.29, 0.717) is 19.5 Å². The monoisotopic (exact) mass is 407 g/mol. The lowest BCUT2D eigenvalue weighted by Crippen LogP contribution is -2.27. The Balaban J connectivity index is 1.48. The summed E-state index contributed by atoms with van der Waals surface area (Å²) in [5.41, 5.74) is 1.80. The summed E-state index contributed by atoms with van der Waals surface area (Å²) in [6.45, 7) is 1.97. The SMILES string of the molecule is O=C(NCc1cc(Br)cs1)Nc1ccc(CN2CCCC2=O)cc1. The number of hydrogen-bond acceptors (Lipinski definition) is 3. The van der Waals surface area contributed by atoms with Gasteiger partial charge < -0.3 is 15.5 Å². The second-order valence-electron chi connectivity index (χ2n) is 5.65. The van der Waals surface area contributed by atoms with Crippen LogP contribution in [-0.4, -0.2) is 23.4 Å². The van der Waals surface area contributed by atoms with E-state index in [1.807, 2.05) is 40.6 Å². The van der Waals surface area contributed by atoms with E-state index in [1.54, 1.807) is 11.3 Å². The molecule has 1 aromatic heterocycles. The Labute approximate surface area is 153 Å². The third-order valence-electron chi connectivity index (χ3n) is 3.80. The maximum atomic E-state index is 11.9. The van der Waals surface area contributed by atoms with Gasteiger partial charge in [0, 0.05) is 39.9 Å². The predicted molar refractivity (Wildman–Crippen MR) is 99.0 cm³/mol. The molecule has 24 heavy (non-hydrogen) atoms. The summed E-state index contributed by atoms with van der Waals surface area (Å²) < 4.78 is 1.02. The minimum atomic E-state index is -0.234. The Hall–Kier alpha value is -1.86. The zero-order chi connectivity index (χ0) is 16.9. The van der Waals surface area contributed by atoms with Gasteiger partial charge in [-0.2, -0.15) is 0 Å². The molecule has 0 saturated carbocycles. The fourth-order valence-electron chi connectivity index (χ4n) is 2.57. The Kier molecular flexibility index (Phi) is 5.52. The van der Waals surface area contributed by atoms with Gasteiger partial charge in [0.1, 0.15) is 0 Å². The van der Waals surface area contributed by atoms with E-state index >= 15 is 0 Å². The first-order valence-corrected chi connectivity index (χ1v) is 9.42. The molecular formula is C17H18BrN3O2S. The molecule has 7 heteroatoms. The van der Waals surface area contributed by atoms with Crippen molar-refractivity contribution in [1.82, 2.24) is 10.2 Å². The van der Waals surface area contributed by atoms with Gasteiger partial charge in [0.2, 0.25) is 5.91 Å². The number of likely N-dealkylation sites (tertiary alicyclic amines) is 1. The van der Waals surface area contributed by atoms with Crippen LogP contribution in [0.15, 0.2) is 40.2 Å². The molecule has 0 aliphatic carbocycles. The molecule has 1 aromatic carbocycles. The normalized spacial score (nSPS) is 14.0. The average Bonchev–Trinajstić information content (AvgIpc) is 3.16. The number of anilines is 1. The standard InChI is InChI=1S/C17H18BrN3O2S/c18-13-8-15(24-11-13)9-19-17(23)20-14-5-3-12(4-6-14)10-21-7-1-2-16(21)22/h3-6,8,11H,1-2,7,9-10H2,(H2,19,20,23). The van der Waals surface area contributed by atoms with E-state index in [0.717, 1.165) is 33.6 Å². The highest BCUT2D eigenvalue weighted by molar-refractivity contribution is 9.10. The summed E-state index contributed by atoms with van der Waals surface area (Å²) in [6, 6.07) is 9.35. The van der Waals surface area contributed by atoms with Gasteiger partial charge in [0.05, 0.1) is 6.54 Å². The number of urea groups is 1. The van der Waals surface area contributed by atoms with Crippen LogP contribution in [0.3, 0.4) is 0 Å². The molecule has 0 atom stereocenters. The number of amides is 3. The van der Waals surface area contributed by atoms with E-state index in [2.05, 4.69) is 26.6 Å². The third kappa shape index (κ3) is 4.58. The van der Waals surface area contributed by atoms with Gasteiger partial charge in [-0.1, -0.05) is 12.1 Å². The van der Waals surface area contributed by atoms with Gasteiger partial charge in [0.15, 0.2) is 0 Å². The van der Waals surface area contributed by atoms with Gasteiger partial charge in [0.25, 0.3) is 0 Å². The lowest BCUT2D eigenvalue weighted by atomic mass is 10.2. The number of carbonyl (C=O) groups excluding carboxylic acids is 2. The molecule has 5 nitrogen and oxygen atoms in total. The number of halogens is 1. The minimum Gasteiger partial charge on any atom is -0.338 e. The van der Waals surface area contributed by atoms with Crippen LogP contribution in [-0.2, 0) is 17.9 Å². The second-order valence-corrected chi connectivity index (χ2v) is 7.57. The molecule has 2 heterocycles. The van der Waals surface area contributed by atoms with Crippen LogP contribution in [0.25, 0.3) is 0 Å². The molecule has 126 valence electrons. The smallest absolute Gasteiger partial charge is 0.319 e. The van der Waals surface area contributed by atoms with E-state index in [1.165, 1.54) is 0 Å². The summed E-state index contributed by atoms with van der Waals surface area (Å²) in [5.74, 6) is 0.219. The highest BCUT2D eigenvalue weighted by Crippen LogP contribution is 2.19. The first-order chi connectivity index (χ1) is 11.6. The highest BCUT2D eigenvalue weighted by atomic mass is 79.9. The summed E-state index contributed by atoms with van der Waals surface area (Å²) in [5, 5.41) is 7.62. The first-order valence-electron chi connectivity index (χ1n) is 7.74. The van der Waals surface area contributed by atoms with Crippen molar-refractivity contribution in [2.75, 3.05) is 11.9 Å². The molecule has 1 aliphatic rings. The van der Waals surface area contributed by atoms with Crippen LogP contribution in [0, 0.1) is 0 Å². The van der Waals surface area contributed by atoms with Crippen molar-refractivity contribution in [3.63, 3.8) is 0 Å². The van der Waals surface area contributed by atoms with Crippen LogP contribution in [0.4, 0.5) is 10.5 Å². The Bertz CT molecular complexity index is 730. The number of hydrogen-bond donors (Lipinski definition) is 2. The predicted octanol–water partition coefficient (Wildman–Crippen LogP) is 3.95. The maximum absolute atomic E-state index is 11.9. The van der Waals surface area contributed by atoms with Crippen LogP contribution in [0.1, 0.15) is 23.3 Å². The summed E-state index contributed by atoms with van der Waals surface area (Å²) in [6.07, 6.45) is 1.60. The quantitative estimate of drug-likeness (QED) is 0.787. The van der Waals surface area contributed by atoms with Gasteiger partial charge in [-0.3, -0.25) is 4.79 Å².